The minimum absolute atomic E-state index is 0.270. The molecule has 2 nitrogen and oxygen atoms in total. The molecule has 2 rings (SSSR count). The van der Waals surface area contributed by atoms with Crippen molar-refractivity contribution in [1.82, 2.24) is 0 Å². The van der Waals surface area contributed by atoms with Crippen molar-refractivity contribution in [3.63, 3.8) is 0 Å². The summed E-state index contributed by atoms with van der Waals surface area (Å²) in [4.78, 5) is 13.6. The normalized spacial score (nSPS) is 15.9. The predicted octanol–water partition coefficient (Wildman–Crippen LogP) is 3.72. The van der Waals surface area contributed by atoms with Crippen molar-refractivity contribution in [3.05, 3.63) is 29.8 Å². The summed E-state index contributed by atoms with van der Waals surface area (Å²) in [7, 11) is 0. The number of rotatable bonds is 4. The van der Waals surface area contributed by atoms with Crippen LogP contribution in [-0.2, 0) is 4.79 Å². The molecule has 0 saturated carbocycles. The van der Waals surface area contributed by atoms with Crippen LogP contribution in [0.5, 0.6) is 0 Å². The van der Waals surface area contributed by atoms with E-state index in [9.17, 15) is 4.79 Å². The number of carbonyl (C=O) groups is 1. The van der Waals surface area contributed by atoms with Crippen LogP contribution in [0.25, 0.3) is 0 Å². The van der Waals surface area contributed by atoms with E-state index in [4.69, 9.17) is 0 Å². The molecule has 0 aliphatic carbocycles. The number of nitrogens with zero attached hydrogens (tertiary/aromatic N) is 1. The lowest BCUT2D eigenvalue weighted by Gasteiger charge is -2.19. The third-order valence-electron chi connectivity index (χ3n) is 3.71. The van der Waals surface area contributed by atoms with E-state index in [0.29, 0.717) is 12.3 Å². The highest BCUT2D eigenvalue weighted by Gasteiger charge is 2.22. The van der Waals surface area contributed by atoms with E-state index in [1.165, 1.54) is 5.56 Å². The molecule has 1 fully saturated rings. The van der Waals surface area contributed by atoms with Gasteiger partial charge in [0.25, 0.3) is 0 Å². The second-order valence-corrected chi connectivity index (χ2v) is 4.76. The molecule has 0 bridgehead atoms. The molecule has 1 aromatic carbocycles. The quantitative estimate of drug-likeness (QED) is 0.773. The summed E-state index contributed by atoms with van der Waals surface area (Å²) in [6, 6.07) is 8.51. The van der Waals surface area contributed by atoms with Crippen molar-refractivity contribution >= 4 is 11.6 Å². The fraction of sp³-hybridized carbons (Fsp3) is 0.533. The molecule has 1 aliphatic rings. The first-order chi connectivity index (χ1) is 8.26. The molecule has 1 aromatic rings. The van der Waals surface area contributed by atoms with Crippen molar-refractivity contribution in [2.45, 2.75) is 45.4 Å². The fourth-order valence-corrected chi connectivity index (χ4v) is 2.63. The monoisotopic (exact) mass is 231 g/mol. The summed E-state index contributed by atoms with van der Waals surface area (Å²) in [5, 5.41) is 0. The van der Waals surface area contributed by atoms with Crippen LogP contribution in [0.15, 0.2) is 24.3 Å². The molecule has 1 heterocycles. The van der Waals surface area contributed by atoms with Gasteiger partial charge in [-0.25, -0.2) is 0 Å². The van der Waals surface area contributed by atoms with E-state index in [0.717, 1.165) is 31.5 Å². The Morgan fingerprint density at radius 3 is 2.65 bits per heavy atom. The summed E-state index contributed by atoms with van der Waals surface area (Å²) < 4.78 is 0. The average molecular weight is 231 g/mol. The van der Waals surface area contributed by atoms with Crippen molar-refractivity contribution in [2.75, 3.05) is 11.4 Å². The zero-order chi connectivity index (χ0) is 12.3. The summed E-state index contributed by atoms with van der Waals surface area (Å²) in [6.45, 7) is 5.33. The number of hydrogen-bond donors (Lipinski definition) is 0. The Kier molecular flexibility index (Phi) is 3.82. The lowest BCUT2D eigenvalue weighted by Crippen LogP contribution is -2.23. The molecule has 1 amide bonds. The average Bonchev–Trinajstić information content (AvgIpc) is 2.77. The second kappa shape index (κ2) is 5.35. The van der Waals surface area contributed by atoms with Gasteiger partial charge in [0.2, 0.25) is 5.91 Å². The standard InChI is InChI=1S/C15H21NO/c1-3-12(4-2)13-7-5-8-14(11-13)16-10-6-9-15(16)17/h5,7-8,11-12H,3-4,6,9-10H2,1-2H3. The van der Waals surface area contributed by atoms with Crippen molar-refractivity contribution < 1.29 is 4.79 Å². The maximum absolute atomic E-state index is 11.7. The van der Waals surface area contributed by atoms with E-state index in [2.05, 4.69) is 38.1 Å². The largest absolute Gasteiger partial charge is 0.312 e. The Bertz CT molecular complexity index is 396. The van der Waals surface area contributed by atoms with Gasteiger partial charge in [0.1, 0.15) is 0 Å². The number of anilines is 1. The van der Waals surface area contributed by atoms with Crippen molar-refractivity contribution in [2.24, 2.45) is 0 Å². The fourth-order valence-electron chi connectivity index (χ4n) is 2.63. The Morgan fingerprint density at radius 2 is 2.06 bits per heavy atom. The highest BCUT2D eigenvalue weighted by molar-refractivity contribution is 5.95. The molecule has 1 saturated heterocycles. The number of benzene rings is 1. The minimum atomic E-state index is 0.270. The third kappa shape index (κ3) is 2.51. The van der Waals surface area contributed by atoms with Gasteiger partial charge in [-0.05, 0) is 42.9 Å². The summed E-state index contributed by atoms with van der Waals surface area (Å²) >= 11 is 0. The van der Waals surface area contributed by atoms with Gasteiger partial charge in [0.15, 0.2) is 0 Å². The van der Waals surface area contributed by atoms with Gasteiger partial charge in [0, 0.05) is 18.7 Å². The zero-order valence-electron chi connectivity index (χ0n) is 10.8. The molecule has 0 atom stereocenters. The summed E-state index contributed by atoms with van der Waals surface area (Å²) in [5.74, 6) is 0.888. The Hall–Kier alpha value is -1.31. The van der Waals surface area contributed by atoms with Gasteiger partial charge < -0.3 is 4.90 Å². The molecular weight excluding hydrogens is 210 g/mol. The van der Waals surface area contributed by atoms with E-state index in [-0.39, 0.29) is 5.91 Å². The number of hydrogen-bond acceptors (Lipinski definition) is 1. The van der Waals surface area contributed by atoms with Crippen LogP contribution in [0, 0.1) is 0 Å². The van der Waals surface area contributed by atoms with Crippen LogP contribution in [0.4, 0.5) is 5.69 Å². The van der Waals surface area contributed by atoms with Crippen LogP contribution in [0.2, 0.25) is 0 Å². The maximum Gasteiger partial charge on any atom is 0.227 e. The van der Waals surface area contributed by atoms with Gasteiger partial charge in [-0.2, -0.15) is 0 Å². The van der Waals surface area contributed by atoms with E-state index >= 15 is 0 Å². The maximum atomic E-state index is 11.7. The van der Waals surface area contributed by atoms with Gasteiger partial charge in [0.05, 0.1) is 0 Å². The molecule has 17 heavy (non-hydrogen) atoms. The van der Waals surface area contributed by atoms with Crippen LogP contribution in [-0.4, -0.2) is 12.5 Å². The van der Waals surface area contributed by atoms with Gasteiger partial charge in [-0.1, -0.05) is 26.0 Å². The van der Waals surface area contributed by atoms with Gasteiger partial charge in [-0.3, -0.25) is 4.79 Å². The zero-order valence-corrected chi connectivity index (χ0v) is 10.8. The molecule has 0 unspecified atom stereocenters. The smallest absolute Gasteiger partial charge is 0.227 e. The third-order valence-corrected chi connectivity index (χ3v) is 3.71. The molecule has 0 spiro atoms. The molecule has 92 valence electrons. The Labute approximate surface area is 104 Å². The first kappa shape index (κ1) is 12.2. The first-order valence-corrected chi connectivity index (χ1v) is 6.66. The highest BCUT2D eigenvalue weighted by Crippen LogP contribution is 2.28. The molecule has 1 aliphatic heterocycles. The lowest BCUT2D eigenvalue weighted by atomic mass is 9.93. The molecule has 0 N–H and O–H groups in total. The SMILES string of the molecule is CCC(CC)c1cccc(N2CCCC2=O)c1. The number of amides is 1. The van der Waals surface area contributed by atoms with Gasteiger partial charge >= 0.3 is 0 Å². The predicted molar refractivity (Wildman–Crippen MR) is 71.4 cm³/mol. The summed E-state index contributed by atoms with van der Waals surface area (Å²) in [6.07, 6.45) is 4.02. The van der Waals surface area contributed by atoms with E-state index in [1.54, 1.807) is 0 Å². The van der Waals surface area contributed by atoms with Crippen molar-refractivity contribution in [1.29, 1.82) is 0 Å². The topological polar surface area (TPSA) is 20.3 Å². The van der Waals surface area contributed by atoms with Crippen LogP contribution in [0.1, 0.15) is 51.0 Å². The molecule has 0 aromatic heterocycles. The Morgan fingerprint density at radius 1 is 1.29 bits per heavy atom. The van der Waals surface area contributed by atoms with E-state index in [1.807, 2.05) is 4.90 Å². The lowest BCUT2D eigenvalue weighted by molar-refractivity contribution is -0.117. The van der Waals surface area contributed by atoms with Crippen LogP contribution < -0.4 is 4.90 Å². The molecular formula is C15H21NO. The minimum Gasteiger partial charge on any atom is -0.312 e. The summed E-state index contributed by atoms with van der Waals surface area (Å²) in [5.41, 5.74) is 2.45. The highest BCUT2D eigenvalue weighted by atomic mass is 16.2. The molecule has 0 radical (unpaired) electrons. The van der Waals surface area contributed by atoms with E-state index < -0.39 is 0 Å². The second-order valence-electron chi connectivity index (χ2n) is 4.76. The van der Waals surface area contributed by atoms with Crippen LogP contribution >= 0.6 is 0 Å². The van der Waals surface area contributed by atoms with Gasteiger partial charge in [-0.15, -0.1) is 0 Å². The Balaban J connectivity index is 2.24. The first-order valence-electron chi connectivity index (χ1n) is 6.66. The van der Waals surface area contributed by atoms with Crippen LogP contribution in [0.3, 0.4) is 0 Å². The number of carbonyl (C=O) groups excluding carboxylic acids is 1. The molecule has 2 heteroatoms. The van der Waals surface area contributed by atoms with Crippen molar-refractivity contribution in [3.8, 4) is 0 Å².